The average molecular weight is 923 g/mol. The van der Waals surface area contributed by atoms with Gasteiger partial charge in [0.15, 0.2) is 6.10 Å². The van der Waals surface area contributed by atoms with Crippen molar-refractivity contribution in [2.75, 3.05) is 59.0 Å². The van der Waals surface area contributed by atoms with Gasteiger partial charge in [0.25, 0.3) is 0 Å². The number of methoxy groups -OCH3 is 3. The number of aliphatic hydroxyl groups is 2. The summed E-state index contributed by atoms with van der Waals surface area (Å²) in [5.74, 6) is -2.06. The summed E-state index contributed by atoms with van der Waals surface area (Å²) in [6.07, 6.45) is 5.83. The first kappa shape index (κ1) is 46.9. The van der Waals surface area contributed by atoms with Gasteiger partial charge in [-0.3, -0.25) is 24.2 Å². The number of nitrogens with one attached hydrogen (secondary N) is 1. The molecule has 2 aromatic carbocycles. The van der Waals surface area contributed by atoms with E-state index >= 15 is 4.79 Å². The molecule has 18 nitrogen and oxygen atoms in total. The van der Waals surface area contributed by atoms with E-state index in [-0.39, 0.29) is 12.3 Å². The van der Waals surface area contributed by atoms with Crippen molar-refractivity contribution in [3.63, 3.8) is 0 Å². The molecule has 1 spiro atoms. The van der Waals surface area contributed by atoms with Gasteiger partial charge >= 0.3 is 25.7 Å². The number of aromatic nitrogens is 1. The van der Waals surface area contributed by atoms with E-state index in [2.05, 4.69) is 20.9 Å². The number of nitrogens with zero attached hydrogens (tertiary/aromatic N) is 3. The summed E-state index contributed by atoms with van der Waals surface area (Å²) < 4.78 is 32.6. The fourth-order valence-electron chi connectivity index (χ4n) is 13.4. The van der Waals surface area contributed by atoms with Crippen LogP contribution in [-0.4, -0.2) is 147 Å². The molecule has 65 heavy (non-hydrogen) atoms. The van der Waals surface area contributed by atoms with Gasteiger partial charge in [-0.05, 0) is 74.2 Å². The number of hydrogen-bond donors (Lipinski definition) is 6. The third kappa shape index (κ3) is 6.97. The van der Waals surface area contributed by atoms with Crippen molar-refractivity contribution in [3.8, 4) is 5.75 Å². The maximum Gasteiger partial charge on any atom is 0.466 e. The lowest BCUT2D eigenvalue weighted by molar-refractivity contribution is -0.228. The fraction of sp³-hybridized carbons (Fsp3) is 0.565. The van der Waals surface area contributed by atoms with E-state index in [4.69, 9.17) is 38.2 Å². The van der Waals surface area contributed by atoms with Gasteiger partial charge < -0.3 is 53.7 Å². The van der Waals surface area contributed by atoms with Crippen LogP contribution in [0.5, 0.6) is 5.75 Å². The van der Waals surface area contributed by atoms with Crippen LogP contribution in [-0.2, 0) is 55.2 Å². The van der Waals surface area contributed by atoms with Gasteiger partial charge in [-0.2, -0.15) is 0 Å². The highest BCUT2D eigenvalue weighted by atomic mass is 31.2. The number of esters is 3. The van der Waals surface area contributed by atoms with Crippen molar-refractivity contribution < 1.29 is 67.6 Å². The van der Waals surface area contributed by atoms with Crippen LogP contribution >= 0.6 is 7.82 Å². The number of amides is 1. The Morgan fingerprint density at radius 1 is 0.954 bits per heavy atom. The topological polar surface area (TPSA) is 249 Å². The zero-order chi connectivity index (χ0) is 47.1. The molecule has 6 aliphatic rings. The predicted molar refractivity (Wildman–Crippen MR) is 235 cm³/mol. The number of carbonyl (C=O) groups excluding carboxylic acids is 4. The molecule has 19 heteroatoms. The number of carbonyl (C=O) groups is 4. The first-order chi connectivity index (χ1) is 30.8. The highest BCUT2D eigenvalue weighted by Gasteiger charge is 2.81. The minimum absolute atomic E-state index is 0.155. The van der Waals surface area contributed by atoms with Gasteiger partial charge in [-0.1, -0.05) is 44.2 Å². The third-order valence-electron chi connectivity index (χ3n) is 15.5. The Kier molecular flexibility index (Phi) is 12.0. The largest absolute Gasteiger partial charge is 0.496 e. The Balaban J connectivity index is 0.00000109. The Hall–Kier alpha value is -4.65. The molecule has 1 saturated carbocycles. The summed E-state index contributed by atoms with van der Waals surface area (Å²) in [5.41, 5.74) is -3.15. The van der Waals surface area contributed by atoms with Crippen LogP contribution in [0, 0.1) is 11.3 Å². The molecular formula is C46H59N4O14P. The maximum absolute atomic E-state index is 15.3. The standard InChI is InChI=1S/C46H56N4O10.H3O4P/c1-7-42(55)22-28-23-45(40(53)58-5,36-30(14-18-48(24-28)25-42)29-12-9-10-13-33(29)47-36)32-20-31-34(21-35(32)57-4)50(26-51)38-44(31)16-19-49-17-11-15-43(8-2,37(44)49)39(60-27(3)52)46(38,56)41(54)59-6;1-5(2,3)4/h9-13,15,20-21,26,28,37-39,47,55-56H,7-8,14,16-19,22-25H2,1-6H3;(H3,1,2,3,4)/t28-,37+,38-,39-,42+,43-,44-,45+,46+;/m1./s1. The summed E-state index contributed by atoms with van der Waals surface area (Å²) in [4.78, 5) is 87.7. The van der Waals surface area contributed by atoms with Crippen molar-refractivity contribution in [1.82, 2.24) is 14.8 Å². The Bertz CT molecular complexity index is 2480. The molecule has 10 atom stereocenters. The molecule has 0 radical (unpaired) electrons. The van der Waals surface area contributed by atoms with Gasteiger partial charge in [0.2, 0.25) is 12.0 Å². The van der Waals surface area contributed by atoms with E-state index in [0.717, 1.165) is 16.5 Å². The number of phosphoric acid groups is 1. The molecule has 1 aromatic heterocycles. The quantitative estimate of drug-likeness (QED) is 0.0625. The fourth-order valence-corrected chi connectivity index (χ4v) is 13.4. The highest BCUT2D eigenvalue weighted by molar-refractivity contribution is 7.45. The number of hydrogen-bond acceptors (Lipinski definition) is 13. The van der Waals surface area contributed by atoms with Gasteiger partial charge in [-0.15, -0.1) is 0 Å². The molecule has 2 bridgehead atoms. The second-order valence-electron chi connectivity index (χ2n) is 18.6. The van der Waals surface area contributed by atoms with Crippen LogP contribution in [0.25, 0.3) is 10.9 Å². The molecule has 1 amide bonds. The average Bonchev–Trinajstić information content (AvgIpc) is 3.95. The molecule has 6 N–H and O–H groups in total. The van der Waals surface area contributed by atoms with Gasteiger partial charge in [0.1, 0.15) is 11.2 Å². The lowest BCUT2D eigenvalue weighted by atomic mass is 9.47. The monoisotopic (exact) mass is 922 g/mol. The second-order valence-corrected chi connectivity index (χ2v) is 19.6. The summed E-state index contributed by atoms with van der Waals surface area (Å²) in [5, 5.41) is 26.3. The minimum Gasteiger partial charge on any atom is -0.496 e. The van der Waals surface area contributed by atoms with Gasteiger partial charge in [-0.25, -0.2) is 9.36 Å². The molecule has 3 aromatic rings. The number of fused-ring (bicyclic) bond motifs is 6. The summed E-state index contributed by atoms with van der Waals surface area (Å²) >= 11 is 0. The zero-order valence-corrected chi connectivity index (χ0v) is 38.4. The maximum atomic E-state index is 15.3. The number of ether oxygens (including phenoxy) is 4. The number of piperidine rings is 1. The van der Waals surface area contributed by atoms with E-state index in [1.165, 1.54) is 33.2 Å². The SMILES string of the molecule is CC[C@]1(O)C[C@H]2C[N@](CCc3c([nH]c4ccccc34)[C@@](C(=O)OC)(c3cc4c(cc3OC)N(C=O)[C@H]3[C@@](O)(C(=O)OC)[C@H](OC(C)=O)[C@]5(CC)C=CCN6CC[C@]43[C@@H]65)C2)C1.O=P(O)(O)O. The van der Waals surface area contributed by atoms with Gasteiger partial charge in [0.05, 0.1) is 38.7 Å². The number of rotatable bonds is 8. The van der Waals surface area contributed by atoms with Crippen molar-refractivity contribution in [2.45, 2.75) is 99.5 Å². The van der Waals surface area contributed by atoms with Crippen molar-refractivity contribution in [3.05, 3.63) is 70.9 Å². The third-order valence-corrected chi connectivity index (χ3v) is 15.5. The molecule has 1 aliphatic carbocycles. The zero-order valence-electron chi connectivity index (χ0n) is 37.5. The summed E-state index contributed by atoms with van der Waals surface area (Å²) in [6, 6.07) is 9.97. The first-order valence-corrected chi connectivity index (χ1v) is 23.6. The van der Waals surface area contributed by atoms with Crippen LogP contribution in [0.4, 0.5) is 5.69 Å². The molecule has 0 unspecified atom stereocenters. The Morgan fingerprint density at radius 3 is 2.29 bits per heavy atom. The second kappa shape index (κ2) is 16.6. The number of H-pyrrole nitrogens is 1. The van der Waals surface area contributed by atoms with Crippen LogP contribution in [0.2, 0.25) is 0 Å². The van der Waals surface area contributed by atoms with Crippen molar-refractivity contribution in [2.24, 2.45) is 11.3 Å². The molecular weight excluding hydrogens is 863 g/mol. The van der Waals surface area contributed by atoms with Crippen molar-refractivity contribution >= 4 is 48.7 Å². The Morgan fingerprint density at radius 2 is 1.66 bits per heavy atom. The van der Waals surface area contributed by atoms with E-state index in [1.807, 2.05) is 50.3 Å². The van der Waals surface area contributed by atoms with E-state index in [1.54, 1.807) is 6.07 Å². The number of para-hydroxylation sites is 1. The normalized spacial score (nSPS) is 34.6. The van der Waals surface area contributed by atoms with E-state index in [0.29, 0.717) is 99.5 Å². The summed E-state index contributed by atoms with van der Waals surface area (Å²) in [7, 11) is -0.549. The minimum atomic E-state index is -4.64. The molecule has 2 saturated heterocycles. The molecule has 5 aliphatic heterocycles. The molecule has 352 valence electrons. The number of benzene rings is 2. The predicted octanol–water partition coefficient (Wildman–Crippen LogP) is 2.59. The first-order valence-electron chi connectivity index (χ1n) is 22.0. The lowest BCUT2D eigenvalue weighted by Crippen LogP contribution is -2.81. The van der Waals surface area contributed by atoms with Crippen molar-refractivity contribution in [1.29, 1.82) is 0 Å². The van der Waals surface area contributed by atoms with Crippen LogP contribution in [0.1, 0.15) is 75.3 Å². The summed E-state index contributed by atoms with van der Waals surface area (Å²) in [6.45, 7) is 8.16. The molecule has 9 rings (SSSR count). The number of aromatic amines is 1. The van der Waals surface area contributed by atoms with Crippen LogP contribution in [0.15, 0.2) is 48.6 Å². The Labute approximate surface area is 376 Å². The van der Waals surface area contributed by atoms with Gasteiger partial charge in [0, 0.05) is 78.2 Å². The smallest absolute Gasteiger partial charge is 0.466 e. The highest BCUT2D eigenvalue weighted by Crippen LogP contribution is 2.68. The molecule has 6 heterocycles. The van der Waals surface area contributed by atoms with Crippen LogP contribution < -0.4 is 9.64 Å². The lowest BCUT2D eigenvalue weighted by Gasteiger charge is -2.63. The molecule has 3 fully saturated rings. The number of anilines is 1. The van der Waals surface area contributed by atoms with Crippen LogP contribution in [0.3, 0.4) is 0 Å². The van der Waals surface area contributed by atoms with E-state index in [9.17, 15) is 24.6 Å². The van der Waals surface area contributed by atoms with E-state index < -0.39 is 71.4 Å².